The Balaban J connectivity index is 0.000000569. The van der Waals surface area contributed by atoms with Crippen LogP contribution in [-0.4, -0.2) is 16.1 Å². The molecule has 0 spiro atoms. The van der Waals surface area contributed by atoms with Crippen molar-refractivity contribution in [1.29, 1.82) is 0 Å². The SMILES string of the molecule is CC1=Cc2c(n(-c3ccc(C)cc3)c3ccccc23)C=CC1.O=CO. The molecule has 0 saturated heterocycles. The maximum atomic E-state index is 8.36. The molecule has 0 fully saturated rings. The van der Waals surface area contributed by atoms with E-state index in [4.69, 9.17) is 9.90 Å². The lowest BCUT2D eigenvalue weighted by atomic mass is 10.1. The van der Waals surface area contributed by atoms with Crippen molar-refractivity contribution in [1.82, 2.24) is 4.57 Å². The summed E-state index contributed by atoms with van der Waals surface area (Å²) in [6.45, 7) is 4.08. The average molecular weight is 331 g/mol. The fourth-order valence-corrected chi connectivity index (χ4v) is 3.23. The highest BCUT2D eigenvalue weighted by Crippen LogP contribution is 2.34. The van der Waals surface area contributed by atoms with Gasteiger partial charge in [0, 0.05) is 16.6 Å². The molecule has 1 aliphatic carbocycles. The Labute approximate surface area is 147 Å². The Kier molecular flexibility index (Phi) is 4.85. The zero-order valence-corrected chi connectivity index (χ0v) is 14.4. The minimum absolute atomic E-state index is 0.250. The third-order valence-electron chi connectivity index (χ3n) is 4.35. The molecule has 3 heteroatoms. The molecule has 1 aromatic heterocycles. The molecular formula is C22H21NO2. The van der Waals surface area contributed by atoms with Crippen LogP contribution in [0.3, 0.4) is 0 Å². The lowest BCUT2D eigenvalue weighted by molar-refractivity contribution is -0.122. The largest absolute Gasteiger partial charge is 0.483 e. The Morgan fingerprint density at radius 3 is 2.44 bits per heavy atom. The van der Waals surface area contributed by atoms with Gasteiger partial charge in [-0.3, -0.25) is 4.79 Å². The predicted molar refractivity (Wildman–Crippen MR) is 104 cm³/mol. The number of fused-ring (bicyclic) bond motifs is 3. The van der Waals surface area contributed by atoms with Crippen LogP contribution >= 0.6 is 0 Å². The van der Waals surface area contributed by atoms with Crippen molar-refractivity contribution >= 4 is 29.5 Å². The molecule has 0 unspecified atom stereocenters. The normalized spacial score (nSPS) is 12.6. The van der Waals surface area contributed by atoms with Crippen molar-refractivity contribution in [3.05, 3.63) is 77.0 Å². The second-order valence-electron chi connectivity index (χ2n) is 6.19. The van der Waals surface area contributed by atoms with Crippen molar-refractivity contribution in [2.45, 2.75) is 20.3 Å². The van der Waals surface area contributed by atoms with E-state index < -0.39 is 0 Å². The van der Waals surface area contributed by atoms with E-state index in [0.717, 1.165) is 6.42 Å². The molecule has 2 aromatic carbocycles. The summed E-state index contributed by atoms with van der Waals surface area (Å²) in [6, 6.07) is 17.4. The summed E-state index contributed by atoms with van der Waals surface area (Å²) < 4.78 is 2.37. The monoisotopic (exact) mass is 331 g/mol. The highest BCUT2D eigenvalue weighted by atomic mass is 16.3. The Bertz CT molecular complexity index is 960. The van der Waals surface area contributed by atoms with Gasteiger partial charge in [-0.25, -0.2) is 0 Å². The zero-order chi connectivity index (χ0) is 17.8. The number of rotatable bonds is 1. The standard InChI is InChI=1S/C21H19N.CH2O2/c1-15-10-12-17(13-11-15)22-20-8-4-3-7-18(20)19-14-16(2)6-5-9-21(19)22;2-1-3/h3-5,7-14H,6H2,1-2H3;1H,(H,2,3). The van der Waals surface area contributed by atoms with Gasteiger partial charge in [-0.1, -0.05) is 53.6 Å². The first kappa shape index (κ1) is 16.8. The third-order valence-corrected chi connectivity index (χ3v) is 4.35. The number of carbonyl (C=O) groups is 1. The first-order valence-corrected chi connectivity index (χ1v) is 8.27. The van der Waals surface area contributed by atoms with E-state index in [0.29, 0.717) is 0 Å². The molecule has 3 aromatic rings. The molecule has 3 nitrogen and oxygen atoms in total. The molecule has 1 aliphatic rings. The molecule has 0 aliphatic heterocycles. The molecule has 0 bridgehead atoms. The van der Waals surface area contributed by atoms with Gasteiger partial charge < -0.3 is 9.67 Å². The maximum Gasteiger partial charge on any atom is 0.290 e. The number of hydrogen-bond donors (Lipinski definition) is 1. The summed E-state index contributed by atoms with van der Waals surface area (Å²) in [6.07, 6.45) is 7.89. The highest BCUT2D eigenvalue weighted by molar-refractivity contribution is 5.96. The van der Waals surface area contributed by atoms with Crippen molar-refractivity contribution in [2.75, 3.05) is 0 Å². The number of para-hydroxylation sites is 1. The van der Waals surface area contributed by atoms with Gasteiger partial charge in [0.2, 0.25) is 0 Å². The van der Waals surface area contributed by atoms with Crippen LogP contribution in [0.4, 0.5) is 0 Å². The van der Waals surface area contributed by atoms with Crippen LogP contribution in [0.2, 0.25) is 0 Å². The van der Waals surface area contributed by atoms with Crippen LogP contribution in [0, 0.1) is 6.92 Å². The van der Waals surface area contributed by atoms with Crippen LogP contribution in [0.15, 0.2) is 60.2 Å². The van der Waals surface area contributed by atoms with Crippen molar-refractivity contribution in [3.63, 3.8) is 0 Å². The molecule has 0 saturated carbocycles. The Hall–Kier alpha value is -3.07. The molecule has 126 valence electrons. The number of benzene rings is 2. The Morgan fingerprint density at radius 1 is 1.04 bits per heavy atom. The number of aromatic nitrogens is 1. The van der Waals surface area contributed by atoms with Gasteiger partial charge in [-0.2, -0.15) is 0 Å². The van der Waals surface area contributed by atoms with Gasteiger partial charge in [0.15, 0.2) is 0 Å². The van der Waals surface area contributed by atoms with E-state index in [1.165, 1.54) is 39.0 Å². The van der Waals surface area contributed by atoms with Crippen LogP contribution in [-0.2, 0) is 4.79 Å². The molecule has 0 amide bonds. The topological polar surface area (TPSA) is 42.2 Å². The summed E-state index contributed by atoms with van der Waals surface area (Å²) >= 11 is 0. The van der Waals surface area contributed by atoms with Gasteiger partial charge in [0.1, 0.15) is 0 Å². The Morgan fingerprint density at radius 2 is 1.72 bits per heavy atom. The van der Waals surface area contributed by atoms with Crippen molar-refractivity contribution in [2.24, 2.45) is 0 Å². The fourth-order valence-electron chi connectivity index (χ4n) is 3.23. The number of nitrogens with zero attached hydrogens (tertiary/aromatic N) is 1. The minimum atomic E-state index is -0.250. The molecule has 25 heavy (non-hydrogen) atoms. The fraction of sp³-hybridized carbons (Fsp3) is 0.136. The summed E-state index contributed by atoms with van der Waals surface area (Å²) in [5.41, 5.74) is 7.80. The average Bonchev–Trinajstić information content (AvgIpc) is 2.77. The quantitative estimate of drug-likeness (QED) is 0.602. The summed E-state index contributed by atoms with van der Waals surface area (Å²) in [5, 5.41) is 8.21. The maximum absolute atomic E-state index is 8.36. The first-order valence-electron chi connectivity index (χ1n) is 8.27. The number of aryl methyl sites for hydroxylation is 1. The molecule has 4 rings (SSSR count). The van der Waals surface area contributed by atoms with Crippen LogP contribution in [0.5, 0.6) is 0 Å². The van der Waals surface area contributed by atoms with Gasteiger partial charge in [0.25, 0.3) is 6.47 Å². The van der Waals surface area contributed by atoms with Gasteiger partial charge in [0.05, 0.1) is 11.2 Å². The minimum Gasteiger partial charge on any atom is -0.483 e. The summed E-state index contributed by atoms with van der Waals surface area (Å²) in [4.78, 5) is 8.36. The summed E-state index contributed by atoms with van der Waals surface area (Å²) in [7, 11) is 0. The van der Waals surface area contributed by atoms with Crippen molar-refractivity contribution < 1.29 is 9.90 Å². The van der Waals surface area contributed by atoms with E-state index in [1.807, 2.05) is 0 Å². The smallest absolute Gasteiger partial charge is 0.290 e. The number of carboxylic acid groups (broad SMARTS) is 1. The third kappa shape index (κ3) is 3.26. The van der Waals surface area contributed by atoms with E-state index in [1.54, 1.807) is 0 Å². The number of allylic oxidation sites excluding steroid dienone is 2. The predicted octanol–water partition coefficient (Wildman–Crippen LogP) is 5.46. The van der Waals surface area contributed by atoms with E-state index in [2.05, 4.69) is 85.2 Å². The van der Waals surface area contributed by atoms with Crippen LogP contribution in [0.25, 0.3) is 28.7 Å². The molecule has 0 radical (unpaired) electrons. The highest BCUT2D eigenvalue weighted by Gasteiger charge is 2.16. The number of hydrogen-bond acceptors (Lipinski definition) is 1. The van der Waals surface area contributed by atoms with Crippen LogP contribution < -0.4 is 0 Å². The van der Waals surface area contributed by atoms with Crippen molar-refractivity contribution in [3.8, 4) is 5.69 Å². The molecule has 1 N–H and O–H groups in total. The lowest BCUT2D eigenvalue weighted by Crippen LogP contribution is -1.96. The lowest BCUT2D eigenvalue weighted by Gasteiger charge is -2.09. The second-order valence-corrected chi connectivity index (χ2v) is 6.19. The van der Waals surface area contributed by atoms with Crippen LogP contribution in [0.1, 0.15) is 30.2 Å². The van der Waals surface area contributed by atoms with E-state index in [9.17, 15) is 0 Å². The van der Waals surface area contributed by atoms with E-state index >= 15 is 0 Å². The van der Waals surface area contributed by atoms with E-state index in [-0.39, 0.29) is 6.47 Å². The second kappa shape index (κ2) is 7.22. The van der Waals surface area contributed by atoms with Gasteiger partial charge >= 0.3 is 0 Å². The first-order chi connectivity index (χ1) is 12.2. The zero-order valence-electron chi connectivity index (χ0n) is 14.4. The molecular weight excluding hydrogens is 310 g/mol. The molecule has 0 atom stereocenters. The van der Waals surface area contributed by atoms with Gasteiger partial charge in [-0.05, 0) is 44.5 Å². The van der Waals surface area contributed by atoms with Gasteiger partial charge in [-0.15, -0.1) is 0 Å². The summed E-state index contributed by atoms with van der Waals surface area (Å²) in [5.74, 6) is 0. The molecule has 1 heterocycles.